The Morgan fingerprint density at radius 2 is 1.86 bits per heavy atom. The molecule has 110 valence electrons. The van der Waals surface area contributed by atoms with Gasteiger partial charge in [0.2, 0.25) is 5.91 Å². The topological polar surface area (TPSA) is 66.7 Å². The molecule has 1 aliphatic heterocycles. The van der Waals surface area contributed by atoms with Gasteiger partial charge in [0.25, 0.3) is 0 Å². The van der Waals surface area contributed by atoms with Crippen LogP contribution in [0.1, 0.15) is 12.0 Å². The summed E-state index contributed by atoms with van der Waals surface area (Å²) in [5, 5.41) is 12.0. The lowest BCUT2D eigenvalue weighted by Gasteiger charge is -2.04. The highest BCUT2D eigenvalue weighted by atomic mass is 32.2. The number of nitrogens with zero attached hydrogens (tertiary/aromatic N) is 3. The first kappa shape index (κ1) is 14.5. The minimum atomic E-state index is -0.0451. The number of nitrogens with one attached hydrogen (secondary N) is 1. The van der Waals surface area contributed by atoms with Crippen molar-refractivity contribution < 1.29 is 4.79 Å². The molecule has 22 heavy (non-hydrogen) atoms. The second-order valence-electron chi connectivity index (χ2n) is 4.66. The van der Waals surface area contributed by atoms with Crippen LogP contribution in [0.4, 0.5) is 5.69 Å². The van der Waals surface area contributed by atoms with E-state index in [0.717, 1.165) is 22.0 Å². The summed E-state index contributed by atoms with van der Waals surface area (Å²) in [5.41, 5.74) is 2.73. The van der Waals surface area contributed by atoms with Gasteiger partial charge in [0.05, 0.1) is 11.5 Å². The number of thioether (sulfide) groups is 1. The molecule has 0 atom stereocenters. The van der Waals surface area contributed by atoms with E-state index in [4.69, 9.17) is 0 Å². The summed E-state index contributed by atoms with van der Waals surface area (Å²) in [4.78, 5) is 15.9. The summed E-state index contributed by atoms with van der Waals surface area (Å²) in [6, 6.07) is 13.2. The molecule has 0 unspecified atom stereocenters. The number of carbonyl (C=O) groups is 1. The Morgan fingerprint density at radius 3 is 2.64 bits per heavy atom. The molecule has 0 saturated heterocycles. The van der Waals surface area contributed by atoms with Gasteiger partial charge in [0.15, 0.2) is 0 Å². The van der Waals surface area contributed by atoms with Gasteiger partial charge in [-0.05, 0) is 24.3 Å². The number of aromatic nitrogens is 1. The lowest BCUT2D eigenvalue weighted by Crippen LogP contribution is -2.15. The fourth-order valence-electron chi connectivity index (χ4n) is 1.98. The lowest BCUT2D eigenvalue weighted by molar-refractivity contribution is -0.113. The zero-order valence-corrected chi connectivity index (χ0v) is 12.6. The van der Waals surface area contributed by atoms with Crippen LogP contribution in [0.25, 0.3) is 0 Å². The SMILES string of the molecule is O=C(CSC1=NN=C(c2ccncc2)C1)Nc1ccccc1. The standard InChI is InChI=1S/C16H14N4OS/c21-15(18-13-4-2-1-3-5-13)11-22-16-10-14(19-20-16)12-6-8-17-9-7-12/h1-9H,10-11H2,(H,18,21). The van der Waals surface area contributed by atoms with E-state index < -0.39 is 0 Å². The Labute approximate surface area is 132 Å². The molecule has 2 aromatic rings. The predicted octanol–water partition coefficient (Wildman–Crippen LogP) is 2.96. The zero-order valence-electron chi connectivity index (χ0n) is 11.8. The van der Waals surface area contributed by atoms with Gasteiger partial charge in [-0.1, -0.05) is 30.0 Å². The van der Waals surface area contributed by atoms with Crippen molar-refractivity contribution in [2.75, 3.05) is 11.1 Å². The highest BCUT2D eigenvalue weighted by molar-refractivity contribution is 8.14. The van der Waals surface area contributed by atoms with Crippen LogP contribution in [0.15, 0.2) is 65.1 Å². The molecule has 0 radical (unpaired) electrons. The monoisotopic (exact) mass is 310 g/mol. The Balaban J connectivity index is 1.47. The van der Waals surface area contributed by atoms with E-state index in [1.54, 1.807) is 12.4 Å². The van der Waals surface area contributed by atoms with Crippen LogP contribution in [-0.4, -0.2) is 27.4 Å². The van der Waals surface area contributed by atoms with Crippen LogP contribution in [0.3, 0.4) is 0 Å². The number of carbonyl (C=O) groups excluding carboxylic acids is 1. The minimum Gasteiger partial charge on any atom is -0.325 e. The Morgan fingerprint density at radius 1 is 1.09 bits per heavy atom. The first-order valence-electron chi connectivity index (χ1n) is 6.83. The summed E-state index contributed by atoms with van der Waals surface area (Å²) in [6.07, 6.45) is 4.12. The van der Waals surface area contributed by atoms with Crippen molar-refractivity contribution in [3.05, 3.63) is 60.4 Å². The molecule has 1 N–H and O–H groups in total. The molecular weight excluding hydrogens is 296 g/mol. The van der Waals surface area contributed by atoms with Crippen LogP contribution < -0.4 is 5.32 Å². The largest absolute Gasteiger partial charge is 0.325 e. The Hall–Kier alpha value is -2.47. The van der Waals surface area contributed by atoms with Crippen molar-refractivity contribution in [3.63, 3.8) is 0 Å². The molecule has 1 amide bonds. The molecule has 0 bridgehead atoms. The molecule has 6 heteroatoms. The molecule has 5 nitrogen and oxygen atoms in total. The van der Waals surface area contributed by atoms with Crippen molar-refractivity contribution in [1.82, 2.24) is 4.98 Å². The summed E-state index contributed by atoms with van der Waals surface area (Å²) in [5.74, 6) is 0.281. The fourth-order valence-corrected chi connectivity index (χ4v) is 2.69. The molecule has 1 aromatic carbocycles. The third-order valence-corrected chi connectivity index (χ3v) is 4.01. The van der Waals surface area contributed by atoms with Gasteiger partial charge in [0, 0.05) is 30.1 Å². The highest BCUT2D eigenvalue weighted by Crippen LogP contribution is 2.18. The van der Waals surface area contributed by atoms with Gasteiger partial charge in [-0.25, -0.2) is 0 Å². The van der Waals surface area contributed by atoms with Gasteiger partial charge < -0.3 is 5.32 Å². The van der Waals surface area contributed by atoms with Crippen molar-refractivity contribution in [1.29, 1.82) is 0 Å². The predicted molar refractivity (Wildman–Crippen MR) is 90.4 cm³/mol. The molecule has 0 aliphatic carbocycles. The third-order valence-electron chi connectivity index (χ3n) is 3.04. The zero-order chi connectivity index (χ0) is 15.2. The van der Waals surface area contributed by atoms with Crippen LogP contribution in [-0.2, 0) is 4.79 Å². The molecule has 1 aliphatic rings. The number of hydrogen-bond acceptors (Lipinski definition) is 5. The molecule has 3 rings (SSSR count). The normalized spacial score (nSPS) is 13.5. The number of pyridine rings is 1. The van der Waals surface area contributed by atoms with E-state index in [2.05, 4.69) is 20.5 Å². The van der Waals surface area contributed by atoms with Crippen molar-refractivity contribution in [3.8, 4) is 0 Å². The number of benzene rings is 1. The van der Waals surface area contributed by atoms with Crippen LogP contribution in [0, 0.1) is 0 Å². The van der Waals surface area contributed by atoms with E-state index in [0.29, 0.717) is 12.2 Å². The van der Waals surface area contributed by atoms with E-state index in [-0.39, 0.29) is 5.91 Å². The van der Waals surface area contributed by atoms with E-state index in [1.165, 1.54) is 11.8 Å². The second-order valence-corrected chi connectivity index (χ2v) is 5.70. The molecule has 0 saturated carbocycles. The first-order valence-corrected chi connectivity index (χ1v) is 7.81. The highest BCUT2D eigenvalue weighted by Gasteiger charge is 2.16. The van der Waals surface area contributed by atoms with E-state index >= 15 is 0 Å². The maximum atomic E-state index is 11.9. The van der Waals surface area contributed by atoms with Crippen LogP contribution in [0.2, 0.25) is 0 Å². The smallest absolute Gasteiger partial charge is 0.234 e. The first-order chi connectivity index (χ1) is 10.8. The number of anilines is 1. The quantitative estimate of drug-likeness (QED) is 0.944. The van der Waals surface area contributed by atoms with Crippen LogP contribution >= 0.6 is 11.8 Å². The van der Waals surface area contributed by atoms with E-state index in [9.17, 15) is 4.79 Å². The lowest BCUT2D eigenvalue weighted by atomic mass is 10.1. The summed E-state index contributed by atoms with van der Waals surface area (Å²) in [6.45, 7) is 0. The molecular formula is C16H14N4OS. The maximum Gasteiger partial charge on any atom is 0.234 e. The maximum absolute atomic E-state index is 11.9. The van der Waals surface area contributed by atoms with Crippen molar-refractivity contribution in [2.24, 2.45) is 10.2 Å². The molecule has 2 heterocycles. The van der Waals surface area contributed by atoms with Crippen LogP contribution in [0.5, 0.6) is 0 Å². The number of rotatable bonds is 4. The number of hydrogen-bond donors (Lipinski definition) is 1. The molecule has 0 spiro atoms. The van der Waals surface area contributed by atoms with Crippen molar-refractivity contribution in [2.45, 2.75) is 6.42 Å². The minimum absolute atomic E-state index is 0.0451. The van der Waals surface area contributed by atoms with E-state index in [1.807, 2.05) is 42.5 Å². The number of amides is 1. The van der Waals surface area contributed by atoms with Gasteiger partial charge in [0.1, 0.15) is 5.04 Å². The molecule has 1 aromatic heterocycles. The Kier molecular flexibility index (Phi) is 4.60. The summed E-state index contributed by atoms with van der Waals surface area (Å²) in [7, 11) is 0. The Bertz CT molecular complexity index is 713. The summed E-state index contributed by atoms with van der Waals surface area (Å²) >= 11 is 1.42. The molecule has 0 fully saturated rings. The summed E-state index contributed by atoms with van der Waals surface area (Å²) < 4.78 is 0. The number of para-hydroxylation sites is 1. The fraction of sp³-hybridized carbons (Fsp3) is 0.125. The van der Waals surface area contributed by atoms with Crippen molar-refractivity contribution >= 4 is 34.1 Å². The second kappa shape index (κ2) is 7.00. The van der Waals surface area contributed by atoms with Gasteiger partial charge in [-0.3, -0.25) is 9.78 Å². The average Bonchev–Trinajstić information content (AvgIpc) is 3.04. The average molecular weight is 310 g/mol. The third kappa shape index (κ3) is 3.79. The van der Waals surface area contributed by atoms with Gasteiger partial charge in [-0.2, -0.15) is 5.10 Å². The van der Waals surface area contributed by atoms with Gasteiger partial charge >= 0.3 is 0 Å². The van der Waals surface area contributed by atoms with Gasteiger partial charge in [-0.15, -0.1) is 5.10 Å².